The molecule has 0 aliphatic carbocycles. The SMILES string of the molecule is CN=C(NCc1ccc(N2CCOCC2)c(F)c1)N1CCC(c2ccccc2)C1.I. The van der Waals surface area contributed by atoms with Crippen LogP contribution in [0.15, 0.2) is 53.5 Å². The highest BCUT2D eigenvalue weighted by molar-refractivity contribution is 14.0. The minimum atomic E-state index is -0.175. The molecule has 1 unspecified atom stereocenters. The number of halogens is 2. The van der Waals surface area contributed by atoms with Crippen LogP contribution in [0.5, 0.6) is 0 Å². The fourth-order valence-electron chi connectivity index (χ4n) is 4.18. The zero-order valence-corrected chi connectivity index (χ0v) is 19.7. The second kappa shape index (κ2) is 10.9. The van der Waals surface area contributed by atoms with Gasteiger partial charge in [-0.3, -0.25) is 4.99 Å². The maximum absolute atomic E-state index is 14.6. The Morgan fingerprint density at radius 2 is 1.90 bits per heavy atom. The predicted octanol–water partition coefficient (Wildman–Crippen LogP) is 3.85. The van der Waals surface area contributed by atoms with Crippen LogP contribution < -0.4 is 10.2 Å². The lowest BCUT2D eigenvalue weighted by Gasteiger charge is -2.29. The highest BCUT2D eigenvalue weighted by Crippen LogP contribution is 2.27. The Morgan fingerprint density at radius 1 is 1.13 bits per heavy atom. The van der Waals surface area contributed by atoms with Crippen molar-refractivity contribution in [1.29, 1.82) is 0 Å². The van der Waals surface area contributed by atoms with Crippen LogP contribution in [0, 0.1) is 5.82 Å². The second-order valence-electron chi connectivity index (χ2n) is 7.63. The predicted molar refractivity (Wildman–Crippen MR) is 130 cm³/mol. The van der Waals surface area contributed by atoms with Gasteiger partial charge in [0.1, 0.15) is 5.82 Å². The number of nitrogens with one attached hydrogen (secondary N) is 1. The summed E-state index contributed by atoms with van der Waals surface area (Å²) in [6.45, 7) is 5.26. The molecule has 162 valence electrons. The smallest absolute Gasteiger partial charge is 0.193 e. The Bertz CT molecular complexity index is 842. The van der Waals surface area contributed by atoms with Crippen LogP contribution in [0.25, 0.3) is 0 Å². The zero-order valence-electron chi connectivity index (χ0n) is 17.4. The summed E-state index contributed by atoms with van der Waals surface area (Å²) < 4.78 is 20.0. The minimum absolute atomic E-state index is 0. The third kappa shape index (κ3) is 5.43. The molecule has 2 saturated heterocycles. The fourth-order valence-corrected chi connectivity index (χ4v) is 4.18. The molecule has 0 bridgehead atoms. The van der Waals surface area contributed by atoms with Crippen LogP contribution in [0.4, 0.5) is 10.1 Å². The Kier molecular flexibility index (Phi) is 8.32. The van der Waals surface area contributed by atoms with E-state index in [2.05, 4.69) is 45.5 Å². The van der Waals surface area contributed by atoms with Crippen molar-refractivity contribution in [3.8, 4) is 0 Å². The minimum Gasteiger partial charge on any atom is -0.378 e. The van der Waals surface area contributed by atoms with E-state index in [1.165, 1.54) is 5.56 Å². The monoisotopic (exact) mass is 524 g/mol. The number of aliphatic imine (C=N–C) groups is 1. The summed E-state index contributed by atoms with van der Waals surface area (Å²) in [6.07, 6.45) is 1.12. The zero-order chi connectivity index (χ0) is 20.1. The number of morpholine rings is 1. The fraction of sp³-hybridized carbons (Fsp3) is 0.435. The molecule has 30 heavy (non-hydrogen) atoms. The van der Waals surface area contributed by atoms with Gasteiger partial charge in [-0.1, -0.05) is 36.4 Å². The van der Waals surface area contributed by atoms with Crippen molar-refractivity contribution in [2.45, 2.75) is 18.9 Å². The van der Waals surface area contributed by atoms with E-state index in [0.717, 1.165) is 44.1 Å². The number of anilines is 1. The molecule has 2 fully saturated rings. The average Bonchev–Trinajstić information content (AvgIpc) is 3.26. The summed E-state index contributed by atoms with van der Waals surface area (Å²) in [5, 5.41) is 3.40. The van der Waals surface area contributed by atoms with E-state index in [0.29, 0.717) is 31.4 Å². The Morgan fingerprint density at radius 3 is 2.60 bits per heavy atom. The Hall–Kier alpha value is -1.87. The number of hydrogen-bond acceptors (Lipinski definition) is 3. The average molecular weight is 524 g/mol. The number of guanidine groups is 1. The van der Waals surface area contributed by atoms with Crippen molar-refractivity contribution in [3.05, 3.63) is 65.5 Å². The van der Waals surface area contributed by atoms with Gasteiger partial charge in [-0.05, 0) is 29.7 Å². The van der Waals surface area contributed by atoms with Crippen LogP contribution in [0.3, 0.4) is 0 Å². The van der Waals surface area contributed by atoms with E-state index in [1.807, 2.05) is 17.0 Å². The maximum atomic E-state index is 14.6. The molecule has 0 radical (unpaired) electrons. The van der Waals surface area contributed by atoms with Crippen molar-refractivity contribution < 1.29 is 9.13 Å². The van der Waals surface area contributed by atoms with Gasteiger partial charge >= 0.3 is 0 Å². The van der Waals surface area contributed by atoms with Crippen molar-refractivity contribution in [2.75, 3.05) is 51.3 Å². The number of rotatable bonds is 4. The first kappa shape index (κ1) is 22.8. The summed E-state index contributed by atoms with van der Waals surface area (Å²) in [5.74, 6) is 1.23. The summed E-state index contributed by atoms with van der Waals surface area (Å²) in [6, 6.07) is 16.1. The summed E-state index contributed by atoms with van der Waals surface area (Å²) in [5.41, 5.74) is 2.96. The van der Waals surface area contributed by atoms with Gasteiger partial charge in [0.25, 0.3) is 0 Å². The molecule has 0 amide bonds. The van der Waals surface area contributed by atoms with Crippen LogP contribution in [0.2, 0.25) is 0 Å². The van der Waals surface area contributed by atoms with E-state index < -0.39 is 0 Å². The number of ether oxygens (including phenoxy) is 1. The van der Waals surface area contributed by atoms with Crippen LogP contribution in [-0.4, -0.2) is 57.3 Å². The highest BCUT2D eigenvalue weighted by atomic mass is 127. The lowest BCUT2D eigenvalue weighted by Crippen LogP contribution is -2.39. The lowest BCUT2D eigenvalue weighted by atomic mass is 9.99. The van der Waals surface area contributed by atoms with E-state index in [4.69, 9.17) is 4.74 Å². The number of hydrogen-bond donors (Lipinski definition) is 1. The standard InChI is InChI=1S/C23H29FN4O.HI/c1-25-23(28-10-9-20(17-28)19-5-3-2-4-6-19)26-16-18-7-8-22(21(24)15-18)27-11-13-29-14-12-27;/h2-8,15,20H,9-14,16-17H2,1H3,(H,25,26);1H. The van der Waals surface area contributed by atoms with Crippen LogP contribution in [-0.2, 0) is 11.3 Å². The number of nitrogens with zero attached hydrogens (tertiary/aromatic N) is 3. The second-order valence-corrected chi connectivity index (χ2v) is 7.63. The van der Waals surface area contributed by atoms with Crippen LogP contribution in [0.1, 0.15) is 23.5 Å². The summed E-state index contributed by atoms with van der Waals surface area (Å²) in [4.78, 5) is 8.77. The summed E-state index contributed by atoms with van der Waals surface area (Å²) in [7, 11) is 1.81. The molecule has 2 aliphatic heterocycles. The highest BCUT2D eigenvalue weighted by Gasteiger charge is 2.26. The number of benzene rings is 2. The third-order valence-corrected chi connectivity index (χ3v) is 5.79. The molecule has 2 aromatic rings. The molecular formula is C23H30FIN4O. The largest absolute Gasteiger partial charge is 0.378 e. The van der Waals surface area contributed by atoms with E-state index in [-0.39, 0.29) is 29.8 Å². The molecule has 0 spiro atoms. The van der Waals surface area contributed by atoms with E-state index in [9.17, 15) is 4.39 Å². The van der Waals surface area contributed by atoms with E-state index in [1.54, 1.807) is 13.1 Å². The van der Waals surface area contributed by atoms with E-state index >= 15 is 0 Å². The molecular weight excluding hydrogens is 494 g/mol. The van der Waals surface area contributed by atoms with Crippen molar-refractivity contribution >= 4 is 35.6 Å². The van der Waals surface area contributed by atoms with Crippen molar-refractivity contribution in [2.24, 2.45) is 4.99 Å². The van der Waals surface area contributed by atoms with Gasteiger partial charge in [0.05, 0.1) is 18.9 Å². The van der Waals surface area contributed by atoms with Crippen molar-refractivity contribution in [1.82, 2.24) is 10.2 Å². The molecule has 7 heteroatoms. The third-order valence-electron chi connectivity index (χ3n) is 5.79. The van der Waals surface area contributed by atoms with Gasteiger partial charge in [-0.25, -0.2) is 4.39 Å². The van der Waals surface area contributed by atoms with Crippen molar-refractivity contribution in [3.63, 3.8) is 0 Å². The molecule has 1 atom stereocenters. The first-order chi connectivity index (χ1) is 14.2. The first-order valence-corrected chi connectivity index (χ1v) is 10.4. The Labute approximate surface area is 195 Å². The quantitative estimate of drug-likeness (QED) is 0.375. The molecule has 0 aromatic heterocycles. The van der Waals surface area contributed by atoms with Crippen LogP contribution >= 0.6 is 24.0 Å². The molecule has 2 aliphatic rings. The van der Waals surface area contributed by atoms with Gasteiger partial charge < -0.3 is 19.9 Å². The molecule has 4 rings (SSSR count). The molecule has 1 N–H and O–H groups in total. The molecule has 5 nitrogen and oxygen atoms in total. The molecule has 2 heterocycles. The van der Waals surface area contributed by atoms with Gasteiger partial charge in [-0.15, -0.1) is 24.0 Å². The molecule has 0 saturated carbocycles. The Balaban J connectivity index is 0.00000256. The van der Waals surface area contributed by atoms with Gasteiger partial charge in [0.15, 0.2) is 5.96 Å². The topological polar surface area (TPSA) is 40.1 Å². The normalized spacial score (nSPS) is 19.5. The first-order valence-electron chi connectivity index (χ1n) is 10.4. The lowest BCUT2D eigenvalue weighted by molar-refractivity contribution is 0.122. The van der Waals surface area contributed by atoms with Gasteiger partial charge in [-0.2, -0.15) is 0 Å². The number of likely N-dealkylation sites (tertiary alicyclic amines) is 1. The van der Waals surface area contributed by atoms with Gasteiger partial charge in [0, 0.05) is 45.7 Å². The molecule has 2 aromatic carbocycles. The maximum Gasteiger partial charge on any atom is 0.193 e. The summed E-state index contributed by atoms with van der Waals surface area (Å²) >= 11 is 0. The van der Waals surface area contributed by atoms with Gasteiger partial charge in [0.2, 0.25) is 0 Å².